The first-order valence-electron chi connectivity index (χ1n) is 11.7. The Balaban J connectivity index is 1.48. The van der Waals surface area contributed by atoms with Crippen LogP contribution in [0, 0.1) is 23.2 Å². The van der Waals surface area contributed by atoms with Gasteiger partial charge < -0.3 is 14.5 Å². The van der Waals surface area contributed by atoms with E-state index in [9.17, 15) is 13.2 Å². The fraction of sp³-hybridized carbons (Fsp3) is 0.462. The van der Waals surface area contributed by atoms with Crippen molar-refractivity contribution in [1.82, 2.24) is 9.80 Å². The topological polar surface area (TPSA) is 90.7 Å². The second-order valence-electron chi connectivity index (χ2n) is 9.25. The number of benzene rings is 2. The van der Waals surface area contributed by atoms with E-state index >= 15 is 0 Å². The van der Waals surface area contributed by atoms with E-state index in [4.69, 9.17) is 21.6 Å². The van der Waals surface area contributed by atoms with Gasteiger partial charge in [-0.25, -0.2) is 8.42 Å². The molecule has 35 heavy (non-hydrogen) atoms. The molecule has 2 aromatic carbocycles. The van der Waals surface area contributed by atoms with Gasteiger partial charge in [0.1, 0.15) is 5.75 Å². The van der Waals surface area contributed by atoms with E-state index in [1.165, 1.54) is 11.8 Å². The Morgan fingerprint density at radius 2 is 1.94 bits per heavy atom. The zero-order chi connectivity index (χ0) is 25.6. The Morgan fingerprint density at radius 1 is 1.23 bits per heavy atom. The lowest BCUT2D eigenvalue weighted by Crippen LogP contribution is -2.29. The first-order chi connectivity index (χ1) is 16.6. The number of sulfone groups is 1. The number of amides is 1. The second-order valence-corrected chi connectivity index (χ2v) is 11.8. The molecular weight excluding hydrogens is 486 g/mol. The number of carbonyl (C=O) groups is 1. The van der Waals surface area contributed by atoms with Crippen molar-refractivity contribution in [2.24, 2.45) is 11.8 Å². The third-order valence-electron chi connectivity index (χ3n) is 6.53. The predicted molar refractivity (Wildman–Crippen MR) is 136 cm³/mol. The molecule has 0 N–H and O–H groups in total. The van der Waals surface area contributed by atoms with Crippen LogP contribution in [0.15, 0.2) is 47.4 Å². The Hall–Kier alpha value is -2.60. The molecule has 0 aromatic heterocycles. The summed E-state index contributed by atoms with van der Waals surface area (Å²) in [4.78, 5) is 15.3. The maximum atomic E-state index is 12.5. The monoisotopic (exact) mass is 517 g/mol. The van der Waals surface area contributed by atoms with Crippen molar-refractivity contribution < 1.29 is 17.9 Å². The van der Waals surface area contributed by atoms with E-state index in [0.717, 1.165) is 31.6 Å². The van der Waals surface area contributed by atoms with Gasteiger partial charge in [-0.1, -0.05) is 18.5 Å². The number of ether oxygens (including phenoxy) is 1. The number of likely N-dealkylation sites (tertiary alicyclic amines) is 1. The Kier molecular flexibility index (Phi) is 9.17. The molecule has 2 unspecified atom stereocenters. The Morgan fingerprint density at radius 3 is 2.60 bits per heavy atom. The highest BCUT2D eigenvalue weighted by Crippen LogP contribution is 2.25. The van der Waals surface area contributed by atoms with Gasteiger partial charge in [-0.3, -0.25) is 4.79 Å². The largest absolute Gasteiger partial charge is 0.493 e. The van der Waals surface area contributed by atoms with Crippen molar-refractivity contribution in [1.29, 1.82) is 5.26 Å². The predicted octanol–water partition coefficient (Wildman–Crippen LogP) is 3.65. The van der Waals surface area contributed by atoms with E-state index < -0.39 is 9.84 Å². The van der Waals surface area contributed by atoms with Gasteiger partial charge in [0.2, 0.25) is 5.91 Å². The minimum Gasteiger partial charge on any atom is -0.493 e. The van der Waals surface area contributed by atoms with Gasteiger partial charge in [-0.2, -0.15) is 5.26 Å². The molecule has 0 aliphatic carbocycles. The van der Waals surface area contributed by atoms with Crippen molar-refractivity contribution >= 4 is 27.3 Å². The van der Waals surface area contributed by atoms with Gasteiger partial charge in [0.15, 0.2) is 9.84 Å². The minimum absolute atomic E-state index is 0.119. The number of hydrogen-bond donors (Lipinski definition) is 0. The lowest BCUT2D eigenvalue weighted by molar-refractivity contribution is -0.127. The van der Waals surface area contributed by atoms with Gasteiger partial charge in [0, 0.05) is 51.1 Å². The summed E-state index contributed by atoms with van der Waals surface area (Å²) < 4.78 is 31.0. The van der Waals surface area contributed by atoms with Crippen molar-refractivity contribution in [3.63, 3.8) is 0 Å². The number of halogens is 1. The molecule has 2 atom stereocenters. The molecule has 0 saturated carbocycles. The van der Waals surface area contributed by atoms with Crippen molar-refractivity contribution in [3.05, 3.63) is 58.6 Å². The zero-order valence-corrected chi connectivity index (χ0v) is 22.0. The highest BCUT2D eigenvalue weighted by Gasteiger charge is 2.29. The van der Waals surface area contributed by atoms with Gasteiger partial charge >= 0.3 is 0 Å². The van der Waals surface area contributed by atoms with Gasteiger partial charge in [0.05, 0.1) is 28.9 Å². The van der Waals surface area contributed by atoms with Crippen LogP contribution in [0.5, 0.6) is 5.75 Å². The third-order valence-corrected chi connectivity index (χ3v) is 8.46. The average molecular weight is 518 g/mol. The SMILES string of the molecule is CC(=O)N(C)CCS(=O)(=O)c1ccc(OCC2CN(CCc3cc(Cl)cc(C#N)c3)CC2C)cc1. The number of nitrogens with zero attached hydrogens (tertiary/aromatic N) is 3. The molecule has 2 aromatic rings. The van der Waals surface area contributed by atoms with Crippen molar-refractivity contribution in [2.45, 2.75) is 25.2 Å². The van der Waals surface area contributed by atoms with E-state index in [1.54, 1.807) is 37.4 Å². The van der Waals surface area contributed by atoms with E-state index in [0.29, 0.717) is 34.8 Å². The Bertz CT molecular complexity index is 1180. The summed E-state index contributed by atoms with van der Waals surface area (Å²) in [6, 6.07) is 14.1. The highest BCUT2D eigenvalue weighted by molar-refractivity contribution is 7.91. The Labute approximate surface area is 213 Å². The van der Waals surface area contributed by atoms with Crippen LogP contribution in [0.3, 0.4) is 0 Å². The summed E-state index contributed by atoms with van der Waals surface area (Å²) >= 11 is 6.12. The van der Waals surface area contributed by atoms with Crippen molar-refractivity contribution in [3.8, 4) is 11.8 Å². The van der Waals surface area contributed by atoms with Gasteiger partial charge in [-0.05, 0) is 60.4 Å². The van der Waals surface area contributed by atoms with Gasteiger partial charge in [-0.15, -0.1) is 0 Å². The summed E-state index contributed by atoms with van der Waals surface area (Å²) in [5.74, 6) is 1.20. The van der Waals surface area contributed by atoms with Crippen LogP contribution in [-0.4, -0.2) is 69.7 Å². The normalized spacial score (nSPS) is 18.3. The standard InChI is InChI=1S/C26H32ClN3O4S/c1-19-16-30(9-8-21-12-22(15-28)14-24(27)13-21)17-23(19)18-34-25-4-6-26(7-5-25)35(32,33)11-10-29(3)20(2)31/h4-7,12-14,19,23H,8-11,16-18H2,1-3H3. The summed E-state index contributed by atoms with van der Waals surface area (Å²) in [6.45, 7) is 7.13. The zero-order valence-electron chi connectivity index (χ0n) is 20.4. The average Bonchev–Trinajstić information content (AvgIpc) is 3.19. The minimum atomic E-state index is -3.47. The van der Waals surface area contributed by atoms with Crippen molar-refractivity contribution in [2.75, 3.05) is 45.6 Å². The number of carbonyl (C=O) groups excluding carboxylic acids is 1. The number of rotatable bonds is 10. The highest BCUT2D eigenvalue weighted by atomic mass is 35.5. The van der Waals surface area contributed by atoms with Crippen LogP contribution in [0.25, 0.3) is 0 Å². The van der Waals surface area contributed by atoms with Crippen LogP contribution in [0.4, 0.5) is 0 Å². The first kappa shape index (κ1) is 27.0. The van der Waals surface area contributed by atoms with Crippen LogP contribution >= 0.6 is 11.6 Å². The molecule has 1 heterocycles. The summed E-state index contributed by atoms with van der Waals surface area (Å²) in [5.41, 5.74) is 1.64. The molecule has 1 amide bonds. The summed E-state index contributed by atoms with van der Waals surface area (Å²) in [6.07, 6.45) is 0.827. The van der Waals surface area contributed by atoms with E-state index in [1.807, 2.05) is 12.1 Å². The maximum Gasteiger partial charge on any atom is 0.219 e. The second kappa shape index (κ2) is 11.9. The molecule has 1 fully saturated rings. The first-order valence-corrected chi connectivity index (χ1v) is 13.7. The number of nitriles is 1. The van der Waals surface area contributed by atoms with Gasteiger partial charge in [0.25, 0.3) is 0 Å². The maximum absolute atomic E-state index is 12.5. The fourth-order valence-corrected chi connectivity index (χ4v) is 5.73. The molecule has 0 bridgehead atoms. The smallest absolute Gasteiger partial charge is 0.219 e. The van der Waals surface area contributed by atoms with Crippen LogP contribution in [0.1, 0.15) is 25.0 Å². The third kappa shape index (κ3) is 7.69. The molecule has 0 radical (unpaired) electrons. The molecule has 1 saturated heterocycles. The lowest BCUT2D eigenvalue weighted by atomic mass is 9.99. The molecular formula is C26H32ClN3O4S. The molecule has 1 aliphatic heterocycles. The molecule has 7 nitrogen and oxygen atoms in total. The van der Waals surface area contributed by atoms with E-state index in [-0.39, 0.29) is 23.1 Å². The van der Waals surface area contributed by atoms with E-state index in [2.05, 4.69) is 17.9 Å². The molecule has 0 spiro atoms. The summed E-state index contributed by atoms with van der Waals surface area (Å²) in [7, 11) is -1.89. The molecule has 1 aliphatic rings. The summed E-state index contributed by atoms with van der Waals surface area (Å²) in [5, 5.41) is 9.72. The quantitative estimate of drug-likeness (QED) is 0.478. The fourth-order valence-electron chi connectivity index (χ4n) is 4.17. The molecule has 188 valence electrons. The van der Waals surface area contributed by atoms with Crippen LogP contribution < -0.4 is 4.74 Å². The van der Waals surface area contributed by atoms with Crippen LogP contribution in [-0.2, 0) is 21.1 Å². The number of hydrogen-bond acceptors (Lipinski definition) is 6. The molecule has 3 rings (SSSR count). The van der Waals surface area contributed by atoms with Crippen LogP contribution in [0.2, 0.25) is 5.02 Å². The molecule has 9 heteroatoms. The lowest BCUT2D eigenvalue weighted by Gasteiger charge is -2.17.